The lowest BCUT2D eigenvalue weighted by Crippen LogP contribution is -2.54. The maximum atomic E-state index is 12.7. The Labute approximate surface area is 179 Å². The lowest BCUT2D eigenvalue weighted by molar-refractivity contribution is -0.142. The van der Waals surface area contributed by atoms with Crippen LogP contribution in [0.25, 0.3) is 0 Å². The SMILES string of the molecule is CC(C)[C@H](NC(=O)OCc1ccccc1)C(=O)N[C@@H](Cc1ccc(Cl)nc1)C(=O)O. The summed E-state index contributed by atoms with van der Waals surface area (Å²) in [5, 5.41) is 14.7. The molecule has 0 aliphatic rings. The van der Waals surface area contributed by atoms with Gasteiger partial charge >= 0.3 is 12.1 Å². The first-order valence-corrected chi connectivity index (χ1v) is 9.75. The third-order valence-electron chi connectivity index (χ3n) is 4.28. The third-order valence-corrected chi connectivity index (χ3v) is 4.50. The number of rotatable bonds is 9. The van der Waals surface area contributed by atoms with E-state index in [-0.39, 0.29) is 24.1 Å². The Morgan fingerprint density at radius 3 is 2.33 bits per heavy atom. The minimum absolute atomic E-state index is 0.0223. The number of aliphatic carboxylic acids is 1. The molecule has 160 valence electrons. The number of ether oxygens (including phenoxy) is 1. The highest BCUT2D eigenvalue weighted by molar-refractivity contribution is 6.29. The molecule has 30 heavy (non-hydrogen) atoms. The summed E-state index contributed by atoms with van der Waals surface area (Å²) in [6, 6.07) is 10.1. The van der Waals surface area contributed by atoms with E-state index < -0.39 is 30.1 Å². The molecule has 0 aliphatic heterocycles. The van der Waals surface area contributed by atoms with Crippen molar-refractivity contribution in [2.24, 2.45) is 5.92 Å². The first-order valence-electron chi connectivity index (χ1n) is 9.37. The molecule has 0 aliphatic carbocycles. The van der Waals surface area contributed by atoms with E-state index >= 15 is 0 Å². The highest BCUT2D eigenvalue weighted by Crippen LogP contribution is 2.09. The van der Waals surface area contributed by atoms with Crippen LogP contribution in [0.4, 0.5) is 4.79 Å². The van der Waals surface area contributed by atoms with Crippen molar-refractivity contribution in [2.45, 2.75) is 39.0 Å². The number of nitrogens with zero attached hydrogens (tertiary/aromatic N) is 1. The van der Waals surface area contributed by atoms with Gasteiger partial charge in [-0.3, -0.25) is 4.79 Å². The predicted octanol–water partition coefficient (Wildman–Crippen LogP) is 2.80. The second-order valence-corrected chi connectivity index (χ2v) is 7.41. The van der Waals surface area contributed by atoms with Crippen LogP contribution in [-0.2, 0) is 27.4 Å². The number of carbonyl (C=O) groups is 3. The van der Waals surface area contributed by atoms with E-state index in [1.807, 2.05) is 30.3 Å². The van der Waals surface area contributed by atoms with E-state index in [9.17, 15) is 19.5 Å². The summed E-state index contributed by atoms with van der Waals surface area (Å²) in [4.78, 5) is 40.3. The topological polar surface area (TPSA) is 118 Å². The van der Waals surface area contributed by atoms with E-state index in [0.29, 0.717) is 5.56 Å². The number of hydrogen-bond acceptors (Lipinski definition) is 5. The summed E-state index contributed by atoms with van der Waals surface area (Å²) < 4.78 is 5.15. The van der Waals surface area contributed by atoms with Crippen LogP contribution in [0, 0.1) is 5.92 Å². The molecule has 2 aromatic rings. The monoisotopic (exact) mass is 433 g/mol. The maximum absolute atomic E-state index is 12.7. The number of carboxylic acids is 1. The quantitative estimate of drug-likeness (QED) is 0.523. The van der Waals surface area contributed by atoms with Crippen molar-refractivity contribution in [1.82, 2.24) is 15.6 Å². The van der Waals surface area contributed by atoms with Gasteiger partial charge in [0, 0.05) is 12.6 Å². The first-order chi connectivity index (χ1) is 14.3. The van der Waals surface area contributed by atoms with Gasteiger partial charge < -0.3 is 20.5 Å². The molecule has 1 aromatic heterocycles. The number of hydrogen-bond donors (Lipinski definition) is 3. The zero-order chi connectivity index (χ0) is 22.1. The normalized spacial score (nSPS) is 12.7. The second kappa shape index (κ2) is 11.2. The molecule has 2 atom stereocenters. The number of amides is 2. The molecule has 2 amide bonds. The van der Waals surface area contributed by atoms with E-state index in [2.05, 4.69) is 15.6 Å². The average molecular weight is 434 g/mol. The molecule has 0 spiro atoms. The number of carboxylic acid groups (broad SMARTS) is 1. The Balaban J connectivity index is 1.97. The summed E-state index contributed by atoms with van der Waals surface area (Å²) in [5.41, 5.74) is 1.41. The first kappa shape index (κ1) is 23.2. The lowest BCUT2D eigenvalue weighted by atomic mass is 10.0. The van der Waals surface area contributed by atoms with Crippen molar-refractivity contribution < 1.29 is 24.2 Å². The van der Waals surface area contributed by atoms with Crippen LogP contribution in [0.5, 0.6) is 0 Å². The number of aromatic nitrogens is 1. The van der Waals surface area contributed by atoms with Gasteiger partial charge in [-0.2, -0.15) is 0 Å². The molecule has 0 fully saturated rings. The minimum Gasteiger partial charge on any atom is -0.480 e. The molecule has 0 saturated carbocycles. The molecule has 0 bridgehead atoms. The molecule has 2 rings (SSSR count). The molecule has 8 nitrogen and oxygen atoms in total. The van der Waals surface area contributed by atoms with Gasteiger partial charge in [0.05, 0.1) is 0 Å². The van der Waals surface area contributed by atoms with Gasteiger partial charge in [0.1, 0.15) is 23.8 Å². The van der Waals surface area contributed by atoms with Crippen LogP contribution in [0.1, 0.15) is 25.0 Å². The van der Waals surface area contributed by atoms with Gasteiger partial charge in [-0.15, -0.1) is 0 Å². The molecular formula is C21H24ClN3O5. The smallest absolute Gasteiger partial charge is 0.408 e. The van der Waals surface area contributed by atoms with Crippen molar-refractivity contribution in [3.05, 3.63) is 64.9 Å². The largest absolute Gasteiger partial charge is 0.480 e. The molecule has 0 unspecified atom stereocenters. The van der Waals surface area contributed by atoms with Crippen LogP contribution in [-0.4, -0.2) is 40.1 Å². The maximum Gasteiger partial charge on any atom is 0.408 e. The standard InChI is InChI=1S/C21H24ClN3O5/c1-13(2)18(25-21(29)30-12-14-6-4-3-5-7-14)19(26)24-16(20(27)28)10-15-8-9-17(22)23-11-15/h3-9,11,13,16,18H,10,12H2,1-2H3,(H,24,26)(H,25,29)(H,27,28)/t16-,18-/m0/s1. The van der Waals surface area contributed by atoms with Crippen molar-refractivity contribution in [3.63, 3.8) is 0 Å². The van der Waals surface area contributed by atoms with Gasteiger partial charge in [0.15, 0.2) is 0 Å². The zero-order valence-electron chi connectivity index (χ0n) is 16.7. The van der Waals surface area contributed by atoms with Crippen LogP contribution in [0.2, 0.25) is 5.15 Å². The molecule has 3 N–H and O–H groups in total. The van der Waals surface area contributed by atoms with E-state index in [1.165, 1.54) is 6.20 Å². The number of pyridine rings is 1. The molecule has 9 heteroatoms. The Bertz CT molecular complexity index is 859. The zero-order valence-corrected chi connectivity index (χ0v) is 17.4. The van der Waals surface area contributed by atoms with Crippen LogP contribution in [0.15, 0.2) is 48.7 Å². The third kappa shape index (κ3) is 7.36. The van der Waals surface area contributed by atoms with Gasteiger partial charge in [-0.05, 0) is 23.1 Å². The Morgan fingerprint density at radius 1 is 1.07 bits per heavy atom. The Morgan fingerprint density at radius 2 is 1.77 bits per heavy atom. The van der Waals surface area contributed by atoms with E-state index in [1.54, 1.807) is 26.0 Å². The van der Waals surface area contributed by atoms with Gasteiger partial charge in [0.25, 0.3) is 0 Å². The second-order valence-electron chi connectivity index (χ2n) is 7.02. The number of halogens is 1. The number of alkyl carbamates (subject to hydrolysis) is 1. The van der Waals surface area contributed by atoms with Gasteiger partial charge in [-0.1, -0.05) is 61.8 Å². The summed E-state index contributed by atoms with van der Waals surface area (Å²) in [7, 11) is 0. The molecule has 1 heterocycles. The highest BCUT2D eigenvalue weighted by atomic mass is 35.5. The van der Waals surface area contributed by atoms with Crippen LogP contribution < -0.4 is 10.6 Å². The average Bonchev–Trinajstić information content (AvgIpc) is 2.71. The predicted molar refractivity (Wildman–Crippen MR) is 111 cm³/mol. The van der Waals surface area contributed by atoms with Crippen molar-refractivity contribution in [2.75, 3.05) is 0 Å². The van der Waals surface area contributed by atoms with Crippen LogP contribution in [0.3, 0.4) is 0 Å². The number of nitrogens with one attached hydrogen (secondary N) is 2. The molecule has 0 radical (unpaired) electrons. The van der Waals surface area contributed by atoms with Gasteiger partial charge in [-0.25, -0.2) is 14.6 Å². The fraction of sp³-hybridized carbons (Fsp3) is 0.333. The van der Waals surface area contributed by atoms with Crippen LogP contribution >= 0.6 is 11.6 Å². The molecular weight excluding hydrogens is 410 g/mol. The number of benzene rings is 1. The summed E-state index contributed by atoms with van der Waals surface area (Å²) in [6.07, 6.45) is 0.708. The van der Waals surface area contributed by atoms with Gasteiger partial charge in [0.2, 0.25) is 5.91 Å². The number of carbonyl (C=O) groups excluding carboxylic acids is 2. The fourth-order valence-corrected chi connectivity index (χ4v) is 2.76. The van der Waals surface area contributed by atoms with Crippen molar-refractivity contribution in [3.8, 4) is 0 Å². The van der Waals surface area contributed by atoms with E-state index in [4.69, 9.17) is 16.3 Å². The minimum atomic E-state index is -1.20. The molecule has 0 saturated heterocycles. The summed E-state index contributed by atoms with van der Waals surface area (Å²) in [5.74, 6) is -2.11. The highest BCUT2D eigenvalue weighted by Gasteiger charge is 2.29. The Kier molecular flexibility index (Phi) is 8.61. The van der Waals surface area contributed by atoms with E-state index in [0.717, 1.165) is 5.56 Å². The van der Waals surface area contributed by atoms with Crippen molar-refractivity contribution >= 4 is 29.6 Å². The Hall–Kier alpha value is -3.13. The summed E-state index contributed by atoms with van der Waals surface area (Å²) >= 11 is 5.74. The summed E-state index contributed by atoms with van der Waals surface area (Å²) in [6.45, 7) is 3.53. The fourth-order valence-electron chi connectivity index (χ4n) is 2.65. The molecule has 1 aromatic carbocycles. The lowest BCUT2D eigenvalue weighted by Gasteiger charge is -2.23. The van der Waals surface area contributed by atoms with Crippen molar-refractivity contribution in [1.29, 1.82) is 0 Å².